The molecule has 2 aromatic rings. The van der Waals surface area contributed by atoms with Gasteiger partial charge in [-0.05, 0) is 24.0 Å². The van der Waals surface area contributed by atoms with Crippen molar-refractivity contribution in [1.29, 1.82) is 0 Å². The summed E-state index contributed by atoms with van der Waals surface area (Å²) in [6.45, 7) is -0.317. The monoisotopic (exact) mass is 368 g/mol. The Bertz CT molecular complexity index is 834. The van der Waals surface area contributed by atoms with Crippen LogP contribution >= 0.6 is 0 Å². The van der Waals surface area contributed by atoms with Crippen LogP contribution in [0.2, 0.25) is 0 Å². The first-order valence-corrected chi connectivity index (χ1v) is 7.80. The lowest BCUT2D eigenvalue weighted by atomic mass is 10.0. The van der Waals surface area contributed by atoms with Gasteiger partial charge in [-0.3, -0.25) is 9.59 Å². The van der Waals surface area contributed by atoms with Gasteiger partial charge in [0, 0.05) is 5.92 Å². The van der Waals surface area contributed by atoms with E-state index in [9.17, 15) is 22.8 Å². The van der Waals surface area contributed by atoms with E-state index in [-0.39, 0.29) is 24.6 Å². The molecule has 138 valence electrons. The number of benzene rings is 1. The summed E-state index contributed by atoms with van der Waals surface area (Å²) in [5.74, 6) is -2.42. The number of nitrogens with one attached hydrogen (secondary N) is 1. The molecular formula is C16H15F3N4O3. The topological polar surface area (TPSA) is 97.1 Å². The van der Waals surface area contributed by atoms with Gasteiger partial charge in [-0.1, -0.05) is 23.4 Å². The highest BCUT2D eigenvalue weighted by Gasteiger charge is 2.47. The predicted molar refractivity (Wildman–Crippen MR) is 81.8 cm³/mol. The molecule has 1 aromatic heterocycles. The van der Waals surface area contributed by atoms with E-state index < -0.39 is 29.5 Å². The second-order valence-electron chi connectivity index (χ2n) is 6.05. The fourth-order valence-corrected chi connectivity index (χ4v) is 2.85. The SMILES string of the molecule is O=C(O)Cn1cc(CNC(=O)C2CC2c2ccccc2C(F)(F)F)nn1. The van der Waals surface area contributed by atoms with E-state index in [2.05, 4.69) is 15.6 Å². The molecule has 1 fully saturated rings. The maximum Gasteiger partial charge on any atom is 0.416 e. The summed E-state index contributed by atoms with van der Waals surface area (Å²) in [5.41, 5.74) is -0.211. The first-order chi connectivity index (χ1) is 12.3. The third kappa shape index (κ3) is 4.01. The number of nitrogens with zero attached hydrogens (tertiary/aromatic N) is 3. The molecule has 0 spiro atoms. The number of carbonyl (C=O) groups excluding carboxylic acids is 1. The molecular weight excluding hydrogens is 353 g/mol. The van der Waals surface area contributed by atoms with Crippen LogP contribution in [0.25, 0.3) is 0 Å². The Labute approximate surface area is 145 Å². The van der Waals surface area contributed by atoms with Crippen molar-refractivity contribution in [3.8, 4) is 0 Å². The van der Waals surface area contributed by atoms with Crippen molar-refractivity contribution >= 4 is 11.9 Å². The van der Waals surface area contributed by atoms with Gasteiger partial charge in [0.05, 0.1) is 18.3 Å². The van der Waals surface area contributed by atoms with E-state index in [1.807, 2.05) is 0 Å². The fraction of sp³-hybridized carbons (Fsp3) is 0.375. The van der Waals surface area contributed by atoms with E-state index in [1.165, 1.54) is 24.4 Å². The number of alkyl halides is 3. The van der Waals surface area contributed by atoms with E-state index in [0.717, 1.165) is 10.7 Å². The molecule has 1 amide bonds. The molecule has 7 nitrogen and oxygen atoms in total. The minimum atomic E-state index is -4.46. The second kappa shape index (κ2) is 6.77. The number of hydrogen-bond donors (Lipinski definition) is 2. The number of aromatic nitrogens is 3. The van der Waals surface area contributed by atoms with Crippen LogP contribution in [-0.2, 0) is 28.9 Å². The molecule has 2 N–H and O–H groups in total. The highest BCUT2D eigenvalue weighted by Crippen LogP contribution is 2.51. The quantitative estimate of drug-likeness (QED) is 0.810. The number of carboxylic acid groups (broad SMARTS) is 1. The zero-order valence-corrected chi connectivity index (χ0v) is 13.4. The largest absolute Gasteiger partial charge is 0.480 e. The number of aliphatic carboxylic acids is 1. The average molecular weight is 368 g/mol. The number of carbonyl (C=O) groups is 2. The minimum Gasteiger partial charge on any atom is -0.480 e. The highest BCUT2D eigenvalue weighted by molar-refractivity contribution is 5.83. The summed E-state index contributed by atoms with van der Waals surface area (Å²) >= 11 is 0. The number of halogens is 3. The van der Waals surface area contributed by atoms with E-state index in [4.69, 9.17) is 5.11 Å². The van der Waals surface area contributed by atoms with Gasteiger partial charge in [0.25, 0.3) is 0 Å². The van der Waals surface area contributed by atoms with Crippen molar-refractivity contribution in [3.05, 3.63) is 47.3 Å². The van der Waals surface area contributed by atoms with Crippen LogP contribution in [0.5, 0.6) is 0 Å². The van der Waals surface area contributed by atoms with E-state index in [1.54, 1.807) is 0 Å². The van der Waals surface area contributed by atoms with Gasteiger partial charge >= 0.3 is 12.1 Å². The molecule has 2 atom stereocenters. The lowest BCUT2D eigenvalue weighted by Gasteiger charge is -2.12. The van der Waals surface area contributed by atoms with Crippen LogP contribution in [0.15, 0.2) is 30.5 Å². The summed E-state index contributed by atoms with van der Waals surface area (Å²) in [5, 5.41) is 18.6. The average Bonchev–Trinajstić information content (AvgIpc) is 3.25. The van der Waals surface area contributed by atoms with Crippen LogP contribution < -0.4 is 5.32 Å². The molecule has 10 heteroatoms. The van der Waals surface area contributed by atoms with Gasteiger partial charge < -0.3 is 10.4 Å². The normalized spacial score (nSPS) is 19.2. The molecule has 26 heavy (non-hydrogen) atoms. The summed E-state index contributed by atoms with van der Waals surface area (Å²) < 4.78 is 40.3. The summed E-state index contributed by atoms with van der Waals surface area (Å²) in [6.07, 6.45) is -2.72. The van der Waals surface area contributed by atoms with Crippen LogP contribution in [0, 0.1) is 5.92 Å². The van der Waals surface area contributed by atoms with Gasteiger partial charge in [0.15, 0.2) is 0 Å². The fourth-order valence-electron chi connectivity index (χ4n) is 2.85. The van der Waals surface area contributed by atoms with Crippen LogP contribution in [-0.4, -0.2) is 32.0 Å². The Balaban J connectivity index is 1.58. The van der Waals surface area contributed by atoms with Gasteiger partial charge in [-0.15, -0.1) is 5.10 Å². The van der Waals surface area contributed by atoms with Crippen LogP contribution in [0.4, 0.5) is 13.2 Å². The Hall–Kier alpha value is -2.91. The summed E-state index contributed by atoms with van der Waals surface area (Å²) in [6, 6.07) is 5.27. The number of hydrogen-bond acceptors (Lipinski definition) is 4. The molecule has 0 radical (unpaired) electrons. The molecule has 1 heterocycles. The maximum absolute atomic E-state index is 13.1. The third-order valence-corrected chi connectivity index (χ3v) is 4.12. The highest BCUT2D eigenvalue weighted by atomic mass is 19.4. The molecule has 0 bridgehead atoms. The lowest BCUT2D eigenvalue weighted by molar-refractivity contribution is -0.139. The Morgan fingerprint density at radius 2 is 2.04 bits per heavy atom. The van der Waals surface area contributed by atoms with Crippen molar-refractivity contribution in [2.75, 3.05) is 0 Å². The van der Waals surface area contributed by atoms with Gasteiger partial charge in [-0.2, -0.15) is 13.2 Å². The van der Waals surface area contributed by atoms with E-state index in [0.29, 0.717) is 12.1 Å². The number of rotatable bonds is 6. The molecule has 1 aromatic carbocycles. The second-order valence-corrected chi connectivity index (χ2v) is 6.05. The van der Waals surface area contributed by atoms with Gasteiger partial charge in [0.2, 0.25) is 5.91 Å². The van der Waals surface area contributed by atoms with Crippen molar-refractivity contribution < 1.29 is 27.9 Å². The van der Waals surface area contributed by atoms with Crippen LogP contribution in [0.3, 0.4) is 0 Å². The summed E-state index contributed by atoms with van der Waals surface area (Å²) in [7, 11) is 0. The molecule has 1 saturated carbocycles. The Morgan fingerprint density at radius 3 is 2.73 bits per heavy atom. The smallest absolute Gasteiger partial charge is 0.416 e. The molecule has 1 aliphatic carbocycles. The summed E-state index contributed by atoms with van der Waals surface area (Å²) in [4.78, 5) is 22.7. The first-order valence-electron chi connectivity index (χ1n) is 7.80. The number of carboxylic acids is 1. The zero-order chi connectivity index (χ0) is 18.9. The molecule has 2 unspecified atom stereocenters. The standard InChI is InChI=1S/C16H15F3N4O3/c17-16(18,19)13-4-2-1-3-10(13)11-5-12(11)15(26)20-6-9-7-23(22-21-9)8-14(24)25/h1-4,7,11-12H,5-6,8H2,(H,20,26)(H,24,25). The first kappa shape index (κ1) is 17.9. The van der Waals surface area contributed by atoms with Crippen molar-refractivity contribution in [2.24, 2.45) is 5.92 Å². The third-order valence-electron chi connectivity index (χ3n) is 4.12. The van der Waals surface area contributed by atoms with Crippen molar-refractivity contribution in [3.63, 3.8) is 0 Å². The van der Waals surface area contributed by atoms with Crippen molar-refractivity contribution in [1.82, 2.24) is 20.3 Å². The maximum atomic E-state index is 13.1. The predicted octanol–water partition coefficient (Wildman–Crippen LogP) is 1.80. The van der Waals surface area contributed by atoms with Crippen LogP contribution in [0.1, 0.15) is 29.2 Å². The van der Waals surface area contributed by atoms with Crippen molar-refractivity contribution in [2.45, 2.75) is 31.6 Å². The zero-order valence-electron chi connectivity index (χ0n) is 13.4. The Morgan fingerprint density at radius 1 is 1.31 bits per heavy atom. The minimum absolute atomic E-state index is 0.0303. The van der Waals surface area contributed by atoms with Gasteiger partial charge in [-0.25, -0.2) is 4.68 Å². The molecule has 1 aliphatic rings. The Kier molecular flexibility index (Phi) is 4.66. The molecule has 0 aliphatic heterocycles. The lowest BCUT2D eigenvalue weighted by Crippen LogP contribution is -2.25. The molecule has 3 rings (SSSR count). The number of amides is 1. The van der Waals surface area contributed by atoms with E-state index >= 15 is 0 Å². The molecule has 0 saturated heterocycles. The van der Waals surface area contributed by atoms with Gasteiger partial charge in [0.1, 0.15) is 12.2 Å².